The first-order chi connectivity index (χ1) is 18.5. The quantitative estimate of drug-likeness (QED) is 0.257. The zero-order chi connectivity index (χ0) is 27.9. The van der Waals surface area contributed by atoms with Crippen LogP contribution in [0, 0.1) is 0 Å². The first kappa shape index (κ1) is 29.7. The molecule has 2 aromatic carbocycles. The molecule has 4 aromatic rings. The number of nitrogens with two attached hydrogens (primary N) is 1. The van der Waals surface area contributed by atoms with Crippen molar-refractivity contribution in [3.05, 3.63) is 70.2 Å². The van der Waals surface area contributed by atoms with Crippen LogP contribution in [-0.2, 0) is 9.53 Å². The second-order valence-corrected chi connectivity index (χ2v) is 11.0. The molecule has 1 saturated carbocycles. The summed E-state index contributed by atoms with van der Waals surface area (Å²) in [5.74, 6) is -3.26. The van der Waals surface area contributed by atoms with E-state index in [4.69, 9.17) is 31.5 Å². The highest BCUT2D eigenvalue weighted by Crippen LogP contribution is 2.48. The Bertz CT molecular complexity index is 1600. The van der Waals surface area contributed by atoms with Crippen molar-refractivity contribution in [2.24, 2.45) is 5.73 Å². The molecule has 0 saturated heterocycles. The van der Waals surface area contributed by atoms with Crippen molar-refractivity contribution in [2.75, 3.05) is 13.7 Å². The van der Waals surface area contributed by atoms with Crippen LogP contribution in [0.4, 0.5) is 8.78 Å². The third-order valence-corrected chi connectivity index (χ3v) is 7.75. The van der Waals surface area contributed by atoms with Crippen LogP contribution in [0.15, 0.2) is 59.7 Å². The predicted molar refractivity (Wildman–Crippen MR) is 152 cm³/mol. The third kappa shape index (κ3) is 5.92. The van der Waals surface area contributed by atoms with Crippen LogP contribution >= 0.6 is 35.3 Å². The minimum absolute atomic E-state index is 0. The van der Waals surface area contributed by atoms with Crippen molar-refractivity contribution in [3.8, 4) is 27.6 Å². The molecule has 1 aliphatic carbocycles. The lowest BCUT2D eigenvalue weighted by atomic mass is 9.77. The van der Waals surface area contributed by atoms with Gasteiger partial charge in [-0.2, -0.15) is 0 Å². The van der Waals surface area contributed by atoms with E-state index >= 15 is 0 Å². The van der Waals surface area contributed by atoms with Crippen molar-refractivity contribution < 1.29 is 27.8 Å². The molecule has 1 fully saturated rings. The SMILES string of the molecule is COc1cc(-n2cnc3cc(-c4ccc(Cl)cc4)sc3c2=O)ccc1OCC1(OC(=O)[C@H](C)N)CC(F)(F)C1.Cl. The van der Waals surface area contributed by atoms with Gasteiger partial charge in [-0.25, -0.2) is 13.8 Å². The Morgan fingerprint density at radius 3 is 2.50 bits per heavy atom. The number of nitrogens with zero attached hydrogens (tertiary/aromatic N) is 2. The molecule has 0 spiro atoms. The van der Waals surface area contributed by atoms with Crippen LogP contribution in [0.1, 0.15) is 19.8 Å². The van der Waals surface area contributed by atoms with Gasteiger partial charge in [0.1, 0.15) is 23.7 Å². The molecular formula is C27H25Cl2F2N3O5S. The summed E-state index contributed by atoms with van der Waals surface area (Å²) in [4.78, 5) is 30.7. The molecule has 212 valence electrons. The molecule has 2 heterocycles. The summed E-state index contributed by atoms with van der Waals surface area (Å²) in [7, 11) is 1.41. The highest BCUT2D eigenvalue weighted by Gasteiger charge is 2.60. The number of fused-ring (bicyclic) bond motifs is 1. The van der Waals surface area contributed by atoms with Gasteiger partial charge in [0.25, 0.3) is 11.5 Å². The van der Waals surface area contributed by atoms with E-state index in [0.717, 1.165) is 10.4 Å². The van der Waals surface area contributed by atoms with E-state index in [1.54, 1.807) is 30.3 Å². The highest BCUT2D eigenvalue weighted by atomic mass is 35.5. The Hall–Kier alpha value is -3.25. The van der Waals surface area contributed by atoms with E-state index in [9.17, 15) is 18.4 Å². The lowest BCUT2D eigenvalue weighted by Crippen LogP contribution is -2.59. The molecule has 0 aliphatic heterocycles. The van der Waals surface area contributed by atoms with Crippen LogP contribution in [-0.4, -0.2) is 46.8 Å². The zero-order valence-corrected chi connectivity index (χ0v) is 23.7. The van der Waals surface area contributed by atoms with Gasteiger partial charge in [0.2, 0.25) is 0 Å². The molecule has 1 atom stereocenters. The van der Waals surface area contributed by atoms with Gasteiger partial charge in [0, 0.05) is 16.0 Å². The van der Waals surface area contributed by atoms with Crippen LogP contribution in [0.25, 0.3) is 26.3 Å². The number of carbonyl (C=O) groups excluding carboxylic acids is 1. The lowest BCUT2D eigenvalue weighted by molar-refractivity contribution is -0.234. The number of esters is 1. The standard InChI is InChI=1S/C27H24ClF2N3O5S.ClH/c1-15(31)25(35)38-26(11-27(29,30)12-26)13-37-20-8-7-18(9-21(20)36-2)33-14-32-19-10-22(39-23(19)24(33)34)16-3-5-17(28)6-4-16;/h3-10,14-15H,11-13,31H2,1-2H3;1H/t15-;/m0./s1. The van der Waals surface area contributed by atoms with Crippen LogP contribution in [0.2, 0.25) is 5.02 Å². The summed E-state index contributed by atoms with van der Waals surface area (Å²) in [6.07, 6.45) is 0.0920. The van der Waals surface area contributed by atoms with Gasteiger partial charge in [-0.3, -0.25) is 14.2 Å². The van der Waals surface area contributed by atoms with Gasteiger partial charge in [-0.15, -0.1) is 23.7 Å². The number of methoxy groups -OCH3 is 1. The minimum Gasteiger partial charge on any atom is -0.493 e. The van der Waals surface area contributed by atoms with Crippen molar-refractivity contribution >= 4 is 51.5 Å². The van der Waals surface area contributed by atoms with Crippen LogP contribution in [0.3, 0.4) is 0 Å². The number of aromatic nitrogens is 2. The number of benzene rings is 2. The van der Waals surface area contributed by atoms with E-state index < -0.39 is 36.4 Å². The Balaban J connectivity index is 0.00000370. The topological polar surface area (TPSA) is 106 Å². The van der Waals surface area contributed by atoms with Gasteiger partial charge in [-0.1, -0.05) is 23.7 Å². The number of alkyl halides is 2. The van der Waals surface area contributed by atoms with Crippen molar-refractivity contribution in [3.63, 3.8) is 0 Å². The van der Waals surface area contributed by atoms with Gasteiger partial charge < -0.3 is 19.9 Å². The van der Waals surface area contributed by atoms with E-state index in [2.05, 4.69) is 4.98 Å². The maximum absolute atomic E-state index is 13.7. The summed E-state index contributed by atoms with van der Waals surface area (Å²) in [6.45, 7) is 1.10. The van der Waals surface area contributed by atoms with Gasteiger partial charge in [0.05, 0.1) is 31.2 Å². The molecule has 0 radical (unpaired) electrons. The average Bonchev–Trinajstić information content (AvgIpc) is 3.32. The predicted octanol–water partition coefficient (Wildman–Crippen LogP) is 5.64. The summed E-state index contributed by atoms with van der Waals surface area (Å²) >= 11 is 7.31. The number of carbonyl (C=O) groups is 1. The van der Waals surface area contributed by atoms with E-state index in [1.807, 2.05) is 18.2 Å². The van der Waals surface area contributed by atoms with Crippen molar-refractivity contribution in [2.45, 2.75) is 37.3 Å². The molecule has 5 rings (SSSR count). The number of thiophene rings is 1. The fourth-order valence-electron chi connectivity index (χ4n) is 4.39. The van der Waals surface area contributed by atoms with Gasteiger partial charge in [0.15, 0.2) is 17.1 Å². The Morgan fingerprint density at radius 1 is 1.18 bits per heavy atom. The number of halogens is 4. The summed E-state index contributed by atoms with van der Waals surface area (Å²) in [6, 6.07) is 13.0. The third-order valence-electron chi connectivity index (χ3n) is 6.33. The maximum atomic E-state index is 13.7. The molecule has 0 unspecified atom stereocenters. The smallest absolute Gasteiger partial charge is 0.323 e. The maximum Gasteiger partial charge on any atom is 0.323 e. The summed E-state index contributed by atoms with van der Waals surface area (Å²) in [5, 5.41) is 0.619. The van der Waals surface area contributed by atoms with Crippen LogP contribution in [0.5, 0.6) is 11.5 Å². The minimum atomic E-state index is -2.96. The molecule has 0 bridgehead atoms. The van der Waals surface area contributed by atoms with Gasteiger partial charge >= 0.3 is 5.97 Å². The fourth-order valence-corrected chi connectivity index (χ4v) is 5.56. The first-order valence-corrected chi connectivity index (χ1v) is 13.1. The number of hydrogen-bond donors (Lipinski definition) is 1. The fraction of sp³-hybridized carbons (Fsp3) is 0.296. The van der Waals surface area contributed by atoms with Crippen LogP contribution < -0.4 is 20.8 Å². The Morgan fingerprint density at radius 2 is 1.88 bits per heavy atom. The average molecular weight is 612 g/mol. The Labute approximate surface area is 243 Å². The monoisotopic (exact) mass is 611 g/mol. The second-order valence-electron chi connectivity index (χ2n) is 9.48. The molecule has 40 heavy (non-hydrogen) atoms. The molecule has 0 amide bonds. The zero-order valence-electron chi connectivity index (χ0n) is 21.4. The molecular weight excluding hydrogens is 587 g/mol. The molecule has 13 heteroatoms. The Kier molecular flexibility index (Phi) is 8.41. The van der Waals surface area contributed by atoms with E-state index in [-0.39, 0.29) is 36.1 Å². The largest absolute Gasteiger partial charge is 0.493 e. The highest BCUT2D eigenvalue weighted by molar-refractivity contribution is 7.22. The molecule has 1 aliphatic rings. The van der Waals surface area contributed by atoms with E-state index in [0.29, 0.717) is 20.9 Å². The first-order valence-electron chi connectivity index (χ1n) is 11.9. The number of ether oxygens (including phenoxy) is 3. The molecule has 2 aromatic heterocycles. The van der Waals surface area contributed by atoms with Crippen molar-refractivity contribution in [1.82, 2.24) is 9.55 Å². The van der Waals surface area contributed by atoms with E-state index in [1.165, 1.54) is 36.3 Å². The summed E-state index contributed by atoms with van der Waals surface area (Å²) < 4.78 is 45.8. The number of rotatable bonds is 8. The second kappa shape index (κ2) is 11.3. The summed E-state index contributed by atoms with van der Waals surface area (Å²) in [5.41, 5.74) is 5.74. The normalized spacial score (nSPS) is 15.9. The van der Waals surface area contributed by atoms with Gasteiger partial charge in [-0.05, 0) is 42.8 Å². The molecule has 2 N–H and O–H groups in total. The lowest BCUT2D eigenvalue weighted by Gasteiger charge is -2.45. The number of hydrogen-bond acceptors (Lipinski definition) is 8. The van der Waals surface area contributed by atoms with Crippen molar-refractivity contribution in [1.29, 1.82) is 0 Å². The molecule has 8 nitrogen and oxygen atoms in total.